The zero-order valence-corrected chi connectivity index (χ0v) is 11.7. The van der Waals surface area contributed by atoms with E-state index in [1.165, 1.54) is 0 Å². The van der Waals surface area contributed by atoms with Crippen LogP contribution in [0.5, 0.6) is 0 Å². The zero-order valence-electron chi connectivity index (χ0n) is 11.7. The third kappa shape index (κ3) is 2.65. The first-order valence-corrected chi connectivity index (χ1v) is 7.12. The van der Waals surface area contributed by atoms with Gasteiger partial charge in [-0.15, -0.1) is 0 Å². The SMILES string of the molecule is CCc1noc(-c2cccnc2N2CCCNCC2)n1. The lowest BCUT2D eigenvalue weighted by molar-refractivity contribution is 0.423. The lowest BCUT2D eigenvalue weighted by Gasteiger charge is -2.22. The fourth-order valence-electron chi connectivity index (χ4n) is 2.38. The van der Waals surface area contributed by atoms with Gasteiger partial charge in [0.2, 0.25) is 0 Å². The first-order chi connectivity index (χ1) is 9.88. The highest BCUT2D eigenvalue weighted by Crippen LogP contribution is 2.27. The van der Waals surface area contributed by atoms with Gasteiger partial charge in [0, 0.05) is 32.3 Å². The third-order valence-electron chi connectivity index (χ3n) is 3.44. The molecule has 0 unspecified atom stereocenters. The topological polar surface area (TPSA) is 67.1 Å². The number of hydrogen-bond acceptors (Lipinski definition) is 6. The second-order valence-electron chi connectivity index (χ2n) is 4.83. The molecule has 1 saturated heterocycles. The number of anilines is 1. The highest BCUT2D eigenvalue weighted by Gasteiger charge is 2.19. The standard InChI is InChI=1S/C14H19N5O/c1-2-12-17-14(20-18-12)11-5-3-7-16-13(11)19-9-4-6-15-8-10-19/h3,5,7,15H,2,4,6,8-10H2,1H3. The van der Waals surface area contributed by atoms with Gasteiger partial charge in [-0.1, -0.05) is 12.1 Å². The van der Waals surface area contributed by atoms with Gasteiger partial charge < -0.3 is 14.7 Å². The summed E-state index contributed by atoms with van der Waals surface area (Å²) in [7, 11) is 0. The Bertz CT molecular complexity index is 560. The number of pyridine rings is 1. The van der Waals surface area contributed by atoms with E-state index < -0.39 is 0 Å². The molecule has 0 atom stereocenters. The summed E-state index contributed by atoms with van der Waals surface area (Å²) in [5.74, 6) is 2.22. The summed E-state index contributed by atoms with van der Waals surface area (Å²) in [5, 5.41) is 7.37. The molecule has 6 nitrogen and oxygen atoms in total. The Balaban J connectivity index is 1.94. The van der Waals surface area contributed by atoms with Crippen molar-refractivity contribution >= 4 is 5.82 Å². The van der Waals surface area contributed by atoms with Crippen LogP contribution < -0.4 is 10.2 Å². The van der Waals surface area contributed by atoms with E-state index in [9.17, 15) is 0 Å². The van der Waals surface area contributed by atoms with Gasteiger partial charge in [0.05, 0.1) is 5.56 Å². The van der Waals surface area contributed by atoms with E-state index in [1.807, 2.05) is 25.3 Å². The highest BCUT2D eigenvalue weighted by molar-refractivity contribution is 5.69. The van der Waals surface area contributed by atoms with Crippen molar-refractivity contribution in [2.75, 3.05) is 31.1 Å². The lowest BCUT2D eigenvalue weighted by Crippen LogP contribution is -2.29. The summed E-state index contributed by atoms with van der Waals surface area (Å²) in [5.41, 5.74) is 0.918. The fraction of sp³-hybridized carbons (Fsp3) is 0.500. The van der Waals surface area contributed by atoms with Gasteiger partial charge in [-0.2, -0.15) is 4.98 Å². The number of aromatic nitrogens is 3. The van der Waals surface area contributed by atoms with Crippen molar-refractivity contribution in [2.24, 2.45) is 0 Å². The molecule has 0 aromatic carbocycles. The predicted octanol–water partition coefficient (Wildman–Crippen LogP) is 1.49. The van der Waals surface area contributed by atoms with Crippen LogP contribution in [0, 0.1) is 0 Å². The van der Waals surface area contributed by atoms with Crippen molar-refractivity contribution in [3.8, 4) is 11.5 Å². The average molecular weight is 273 g/mol. The number of hydrogen-bond donors (Lipinski definition) is 1. The molecule has 1 aliphatic rings. The minimum atomic E-state index is 0.558. The minimum Gasteiger partial charge on any atom is -0.355 e. The molecule has 0 aliphatic carbocycles. The van der Waals surface area contributed by atoms with Crippen LogP contribution in [0.25, 0.3) is 11.5 Å². The van der Waals surface area contributed by atoms with Gasteiger partial charge in [0.1, 0.15) is 5.82 Å². The molecule has 20 heavy (non-hydrogen) atoms. The minimum absolute atomic E-state index is 0.558. The number of rotatable bonds is 3. The molecule has 1 aliphatic heterocycles. The quantitative estimate of drug-likeness (QED) is 0.914. The molecule has 106 valence electrons. The van der Waals surface area contributed by atoms with Crippen LogP contribution in [0.1, 0.15) is 19.2 Å². The van der Waals surface area contributed by atoms with E-state index in [1.54, 1.807) is 0 Å². The fourth-order valence-corrected chi connectivity index (χ4v) is 2.38. The molecule has 2 aromatic heterocycles. The summed E-state index contributed by atoms with van der Waals surface area (Å²) in [4.78, 5) is 11.2. The van der Waals surface area contributed by atoms with E-state index in [-0.39, 0.29) is 0 Å². The molecule has 1 fully saturated rings. The molecule has 0 spiro atoms. The zero-order chi connectivity index (χ0) is 13.8. The molecule has 3 rings (SSSR count). The van der Waals surface area contributed by atoms with Crippen molar-refractivity contribution in [2.45, 2.75) is 19.8 Å². The van der Waals surface area contributed by atoms with Crippen LogP contribution in [0.3, 0.4) is 0 Å². The summed E-state index contributed by atoms with van der Waals surface area (Å²) < 4.78 is 5.36. The highest BCUT2D eigenvalue weighted by atomic mass is 16.5. The van der Waals surface area contributed by atoms with Gasteiger partial charge >= 0.3 is 0 Å². The Morgan fingerprint density at radius 1 is 1.35 bits per heavy atom. The van der Waals surface area contributed by atoms with Crippen LogP contribution in [0.4, 0.5) is 5.82 Å². The normalized spacial score (nSPS) is 16.1. The molecular formula is C14H19N5O. The van der Waals surface area contributed by atoms with Crippen molar-refractivity contribution in [3.63, 3.8) is 0 Å². The summed E-state index contributed by atoms with van der Waals surface area (Å²) in [6, 6.07) is 3.90. The van der Waals surface area contributed by atoms with Gasteiger partial charge in [0.15, 0.2) is 5.82 Å². The Morgan fingerprint density at radius 3 is 3.15 bits per heavy atom. The molecule has 0 bridgehead atoms. The van der Waals surface area contributed by atoms with Crippen molar-refractivity contribution in [3.05, 3.63) is 24.2 Å². The van der Waals surface area contributed by atoms with Crippen LogP contribution >= 0.6 is 0 Å². The predicted molar refractivity (Wildman–Crippen MR) is 76.6 cm³/mol. The Kier molecular flexibility index (Phi) is 3.92. The maximum absolute atomic E-state index is 5.36. The van der Waals surface area contributed by atoms with E-state index in [4.69, 9.17) is 4.52 Å². The van der Waals surface area contributed by atoms with Crippen molar-refractivity contribution < 1.29 is 4.52 Å². The van der Waals surface area contributed by atoms with Crippen molar-refractivity contribution in [1.82, 2.24) is 20.4 Å². The maximum Gasteiger partial charge on any atom is 0.261 e. The molecule has 0 amide bonds. The first-order valence-electron chi connectivity index (χ1n) is 7.12. The van der Waals surface area contributed by atoms with E-state index in [0.717, 1.165) is 56.2 Å². The monoisotopic (exact) mass is 273 g/mol. The molecule has 2 aromatic rings. The first kappa shape index (κ1) is 13.1. The van der Waals surface area contributed by atoms with Gasteiger partial charge in [-0.3, -0.25) is 0 Å². The number of nitrogens with zero attached hydrogens (tertiary/aromatic N) is 4. The summed E-state index contributed by atoms with van der Waals surface area (Å²) in [6.45, 7) is 5.98. The number of aryl methyl sites for hydroxylation is 1. The average Bonchev–Trinajstić information content (AvgIpc) is 2.81. The molecule has 0 radical (unpaired) electrons. The van der Waals surface area contributed by atoms with Crippen LogP contribution in [-0.2, 0) is 6.42 Å². The Hall–Kier alpha value is -1.95. The molecule has 0 saturated carbocycles. The van der Waals surface area contributed by atoms with Crippen molar-refractivity contribution in [1.29, 1.82) is 0 Å². The Labute approximate surface area is 118 Å². The Morgan fingerprint density at radius 2 is 2.30 bits per heavy atom. The van der Waals surface area contributed by atoms with Gasteiger partial charge in [0.25, 0.3) is 5.89 Å². The van der Waals surface area contributed by atoms with Crippen LogP contribution in [0.2, 0.25) is 0 Å². The van der Waals surface area contributed by atoms with Gasteiger partial charge in [-0.25, -0.2) is 4.98 Å². The largest absolute Gasteiger partial charge is 0.355 e. The second kappa shape index (κ2) is 6.00. The lowest BCUT2D eigenvalue weighted by atomic mass is 10.2. The van der Waals surface area contributed by atoms with Crippen LogP contribution in [0.15, 0.2) is 22.9 Å². The molecule has 3 heterocycles. The summed E-state index contributed by atoms with van der Waals surface area (Å²) in [6.07, 6.45) is 3.70. The van der Waals surface area contributed by atoms with E-state index in [0.29, 0.717) is 5.89 Å². The second-order valence-corrected chi connectivity index (χ2v) is 4.83. The summed E-state index contributed by atoms with van der Waals surface area (Å²) >= 11 is 0. The smallest absolute Gasteiger partial charge is 0.261 e. The molecule has 6 heteroatoms. The third-order valence-corrected chi connectivity index (χ3v) is 3.44. The van der Waals surface area contributed by atoms with Crippen LogP contribution in [-0.4, -0.2) is 41.3 Å². The van der Waals surface area contributed by atoms with E-state index >= 15 is 0 Å². The molecule has 1 N–H and O–H groups in total. The number of nitrogens with one attached hydrogen (secondary N) is 1. The molecular weight excluding hydrogens is 254 g/mol. The van der Waals surface area contributed by atoms with E-state index in [2.05, 4.69) is 25.3 Å². The maximum atomic E-state index is 5.36. The van der Waals surface area contributed by atoms with Gasteiger partial charge in [-0.05, 0) is 25.1 Å².